The highest BCUT2D eigenvalue weighted by molar-refractivity contribution is 7.20. The molecule has 2 aliphatic heterocycles. The third-order valence-corrected chi connectivity index (χ3v) is 6.45. The molecular formula is C20H21FN4OS. The number of benzene rings is 1. The zero-order chi connectivity index (χ0) is 18.4. The fraction of sp³-hybridized carbons (Fsp3) is 0.400. The molecule has 0 radical (unpaired) electrons. The number of halogens is 1. The molecule has 2 saturated heterocycles. The predicted octanol–water partition coefficient (Wildman–Crippen LogP) is 3.90. The first-order chi connectivity index (χ1) is 13.2. The number of aromatic nitrogens is 2. The summed E-state index contributed by atoms with van der Waals surface area (Å²) in [6.45, 7) is 6.78. The van der Waals surface area contributed by atoms with Crippen molar-refractivity contribution in [2.45, 2.75) is 32.0 Å². The van der Waals surface area contributed by atoms with E-state index in [1.54, 1.807) is 0 Å². The van der Waals surface area contributed by atoms with Crippen LogP contribution in [0.1, 0.15) is 18.9 Å². The van der Waals surface area contributed by atoms with Gasteiger partial charge in [-0.2, -0.15) is 4.98 Å². The number of thiazole rings is 1. The summed E-state index contributed by atoms with van der Waals surface area (Å²) in [7, 11) is 0. The smallest absolute Gasteiger partial charge is 0.281 e. The minimum atomic E-state index is -0.361. The minimum Gasteiger partial charge on any atom is -0.431 e. The van der Waals surface area contributed by atoms with Crippen LogP contribution in [0.15, 0.2) is 36.5 Å². The first kappa shape index (κ1) is 17.0. The molecule has 0 unspecified atom stereocenters. The number of ether oxygens (including phenoxy) is 1. The highest BCUT2D eigenvalue weighted by Crippen LogP contribution is 2.33. The van der Waals surface area contributed by atoms with Crippen LogP contribution in [0, 0.1) is 5.82 Å². The second kappa shape index (κ2) is 6.82. The number of rotatable bonds is 5. The maximum atomic E-state index is 13.3. The molecule has 2 bridgehead atoms. The topological polar surface area (TPSA) is 41.5 Å². The molecule has 0 amide bonds. The van der Waals surface area contributed by atoms with Gasteiger partial charge in [0.05, 0.1) is 10.9 Å². The molecule has 27 heavy (non-hydrogen) atoms. The number of likely N-dealkylation sites (tertiary alicyclic amines) is 2. The Morgan fingerprint density at radius 2 is 1.96 bits per heavy atom. The maximum Gasteiger partial charge on any atom is 0.281 e. The molecule has 3 aromatic rings. The SMILES string of the molecule is CCN1C[C@@H]2C[C@H]1CN2Cc1ccc(Oc2nc3ncc(F)cc3s2)cc1. The zero-order valence-corrected chi connectivity index (χ0v) is 16.0. The lowest BCUT2D eigenvalue weighted by Crippen LogP contribution is -2.45. The van der Waals surface area contributed by atoms with Gasteiger partial charge in [-0.1, -0.05) is 30.4 Å². The predicted molar refractivity (Wildman–Crippen MR) is 104 cm³/mol. The van der Waals surface area contributed by atoms with Crippen LogP contribution < -0.4 is 4.74 Å². The van der Waals surface area contributed by atoms with Gasteiger partial charge in [0.2, 0.25) is 0 Å². The van der Waals surface area contributed by atoms with Crippen LogP contribution in [0.25, 0.3) is 10.3 Å². The second-order valence-corrected chi connectivity index (χ2v) is 8.25. The minimum absolute atomic E-state index is 0.361. The highest BCUT2D eigenvalue weighted by Gasteiger charge is 2.41. The summed E-state index contributed by atoms with van der Waals surface area (Å²) in [6.07, 6.45) is 2.48. The van der Waals surface area contributed by atoms with Crippen molar-refractivity contribution in [3.05, 3.63) is 47.9 Å². The number of likely N-dealkylation sites (N-methyl/N-ethyl adjacent to an activating group) is 1. The fourth-order valence-electron chi connectivity index (χ4n) is 4.23. The molecule has 0 aliphatic carbocycles. The number of pyridine rings is 1. The van der Waals surface area contributed by atoms with Crippen molar-refractivity contribution in [1.82, 2.24) is 19.8 Å². The van der Waals surface area contributed by atoms with Crippen molar-refractivity contribution >= 4 is 21.7 Å². The van der Waals surface area contributed by atoms with Gasteiger partial charge in [-0.25, -0.2) is 9.37 Å². The van der Waals surface area contributed by atoms with E-state index in [1.807, 2.05) is 12.1 Å². The monoisotopic (exact) mass is 384 g/mol. The summed E-state index contributed by atoms with van der Waals surface area (Å²) in [6, 6.07) is 11.0. The van der Waals surface area contributed by atoms with Crippen LogP contribution in [-0.4, -0.2) is 51.5 Å². The van der Waals surface area contributed by atoms with Crippen LogP contribution in [0.2, 0.25) is 0 Å². The van der Waals surface area contributed by atoms with Crippen LogP contribution in [0.4, 0.5) is 4.39 Å². The lowest BCUT2D eigenvalue weighted by molar-refractivity contribution is 0.127. The van der Waals surface area contributed by atoms with E-state index in [0.717, 1.165) is 24.9 Å². The first-order valence-corrected chi connectivity index (χ1v) is 10.2. The average Bonchev–Trinajstić information content (AvgIpc) is 3.36. The maximum absolute atomic E-state index is 13.3. The van der Waals surface area contributed by atoms with Crippen LogP contribution in [-0.2, 0) is 6.54 Å². The number of hydrogen-bond acceptors (Lipinski definition) is 6. The Kier molecular flexibility index (Phi) is 4.30. The van der Waals surface area contributed by atoms with Gasteiger partial charge in [0, 0.05) is 31.7 Å². The summed E-state index contributed by atoms with van der Waals surface area (Å²) in [5.74, 6) is 0.373. The molecule has 5 rings (SSSR count). The molecular weight excluding hydrogens is 363 g/mol. The van der Waals surface area contributed by atoms with Crippen molar-refractivity contribution in [1.29, 1.82) is 0 Å². The van der Waals surface area contributed by atoms with Crippen molar-refractivity contribution in [3.8, 4) is 10.9 Å². The van der Waals surface area contributed by atoms with Gasteiger partial charge in [0.25, 0.3) is 5.19 Å². The van der Waals surface area contributed by atoms with Gasteiger partial charge in [-0.3, -0.25) is 9.80 Å². The zero-order valence-electron chi connectivity index (χ0n) is 15.1. The lowest BCUT2D eigenvalue weighted by atomic mass is 10.2. The van der Waals surface area contributed by atoms with Crippen molar-refractivity contribution in [2.24, 2.45) is 0 Å². The van der Waals surface area contributed by atoms with Gasteiger partial charge in [0.15, 0.2) is 5.65 Å². The summed E-state index contributed by atoms with van der Waals surface area (Å²) in [4.78, 5) is 13.5. The van der Waals surface area contributed by atoms with E-state index < -0.39 is 0 Å². The Morgan fingerprint density at radius 3 is 2.70 bits per heavy atom. The Balaban J connectivity index is 1.24. The Labute approximate surface area is 161 Å². The number of nitrogens with zero attached hydrogens (tertiary/aromatic N) is 4. The molecule has 0 N–H and O–H groups in total. The van der Waals surface area contributed by atoms with Gasteiger partial charge in [-0.15, -0.1) is 0 Å². The molecule has 4 heterocycles. The highest BCUT2D eigenvalue weighted by atomic mass is 32.1. The first-order valence-electron chi connectivity index (χ1n) is 9.35. The Hall–Kier alpha value is -2.09. The standard InChI is InChI=1S/C20H21FN4OS/c1-2-24-11-16-8-15(24)12-25(16)10-13-3-5-17(6-4-13)26-20-23-19-18(27-20)7-14(21)9-22-19/h3-7,9,15-16H,2,8,10-12H2,1H3/t15-,16-/m0/s1. The molecule has 1 aromatic carbocycles. The van der Waals surface area contributed by atoms with Crippen LogP contribution in [0.5, 0.6) is 10.9 Å². The fourth-order valence-corrected chi connectivity index (χ4v) is 5.05. The van der Waals surface area contributed by atoms with E-state index in [4.69, 9.17) is 4.74 Å². The third kappa shape index (κ3) is 3.31. The van der Waals surface area contributed by atoms with Gasteiger partial charge in [0.1, 0.15) is 11.6 Å². The van der Waals surface area contributed by atoms with Crippen molar-refractivity contribution < 1.29 is 9.13 Å². The quantitative estimate of drug-likeness (QED) is 0.667. The van der Waals surface area contributed by atoms with Crippen LogP contribution in [0.3, 0.4) is 0 Å². The van der Waals surface area contributed by atoms with E-state index in [-0.39, 0.29) is 5.82 Å². The number of hydrogen-bond donors (Lipinski definition) is 0. The van der Waals surface area contributed by atoms with Crippen LogP contribution >= 0.6 is 11.3 Å². The molecule has 140 valence electrons. The third-order valence-electron chi connectivity index (χ3n) is 5.58. The average molecular weight is 384 g/mol. The summed E-state index contributed by atoms with van der Waals surface area (Å²) < 4.78 is 19.8. The molecule has 2 fully saturated rings. The molecule has 7 heteroatoms. The van der Waals surface area contributed by atoms with Crippen molar-refractivity contribution in [2.75, 3.05) is 19.6 Å². The number of fused-ring (bicyclic) bond motifs is 3. The van der Waals surface area contributed by atoms with Gasteiger partial charge >= 0.3 is 0 Å². The summed E-state index contributed by atoms with van der Waals surface area (Å²) >= 11 is 1.30. The largest absolute Gasteiger partial charge is 0.431 e. The normalized spacial score (nSPS) is 22.7. The Bertz CT molecular complexity index is 960. The molecule has 0 saturated carbocycles. The molecule has 2 aromatic heterocycles. The van der Waals surface area contributed by atoms with E-state index in [9.17, 15) is 4.39 Å². The molecule has 0 spiro atoms. The van der Waals surface area contributed by atoms with E-state index in [0.29, 0.717) is 21.6 Å². The van der Waals surface area contributed by atoms with E-state index in [1.165, 1.54) is 48.7 Å². The van der Waals surface area contributed by atoms with E-state index in [2.05, 4.69) is 38.8 Å². The van der Waals surface area contributed by atoms with Gasteiger partial charge in [-0.05, 0) is 36.7 Å². The molecule has 5 nitrogen and oxygen atoms in total. The van der Waals surface area contributed by atoms with Gasteiger partial charge < -0.3 is 4.74 Å². The summed E-state index contributed by atoms with van der Waals surface area (Å²) in [5, 5.41) is 0.479. The Morgan fingerprint density at radius 1 is 1.19 bits per heavy atom. The van der Waals surface area contributed by atoms with E-state index >= 15 is 0 Å². The molecule has 2 atom stereocenters. The van der Waals surface area contributed by atoms with Crippen molar-refractivity contribution in [3.63, 3.8) is 0 Å². The summed E-state index contributed by atoms with van der Waals surface area (Å²) in [5.41, 5.74) is 1.81. The second-order valence-electron chi connectivity index (χ2n) is 7.26. The number of piperazine rings is 1. The molecule has 2 aliphatic rings. The lowest BCUT2D eigenvalue weighted by Gasteiger charge is -2.33.